The maximum Gasteiger partial charge on any atom is 0.411 e. The van der Waals surface area contributed by atoms with E-state index in [0.29, 0.717) is 6.42 Å². The van der Waals surface area contributed by atoms with Gasteiger partial charge < -0.3 is 20.3 Å². The lowest BCUT2D eigenvalue weighted by molar-refractivity contribution is -0.185. The zero-order valence-corrected chi connectivity index (χ0v) is 15.8. The SMILES string of the molecule is CC(C)(C)OC(=O)[C@]1(C(=O)O)CCCN(C(=O)OCc2ccccc2)[C@H]1N. The lowest BCUT2D eigenvalue weighted by Crippen LogP contribution is -2.66. The minimum Gasteiger partial charge on any atom is -0.480 e. The first-order valence-electron chi connectivity index (χ1n) is 8.77. The molecule has 8 heteroatoms. The van der Waals surface area contributed by atoms with Gasteiger partial charge in [0.25, 0.3) is 0 Å². The summed E-state index contributed by atoms with van der Waals surface area (Å²) in [5, 5.41) is 9.77. The molecule has 1 fully saturated rings. The summed E-state index contributed by atoms with van der Waals surface area (Å²) in [6, 6.07) is 9.06. The molecule has 0 radical (unpaired) electrons. The number of carbonyl (C=O) groups is 3. The molecule has 0 spiro atoms. The first kappa shape index (κ1) is 20.7. The van der Waals surface area contributed by atoms with Gasteiger partial charge in [-0.3, -0.25) is 14.5 Å². The Hall–Kier alpha value is -2.61. The van der Waals surface area contributed by atoms with Gasteiger partial charge in [0.1, 0.15) is 18.4 Å². The van der Waals surface area contributed by atoms with Crippen molar-refractivity contribution in [1.29, 1.82) is 0 Å². The third-order valence-corrected chi connectivity index (χ3v) is 4.40. The van der Waals surface area contributed by atoms with Crippen molar-refractivity contribution >= 4 is 18.0 Å². The second-order valence-electron chi connectivity index (χ2n) is 7.56. The zero-order chi connectivity index (χ0) is 20.2. The molecule has 1 saturated heterocycles. The van der Waals surface area contributed by atoms with E-state index in [1.54, 1.807) is 32.9 Å². The normalized spacial score (nSPS) is 22.8. The average Bonchev–Trinajstić information content (AvgIpc) is 2.59. The van der Waals surface area contributed by atoms with Crippen molar-refractivity contribution in [3.8, 4) is 0 Å². The van der Waals surface area contributed by atoms with E-state index in [4.69, 9.17) is 15.2 Å². The summed E-state index contributed by atoms with van der Waals surface area (Å²) in [6.45, 7) is 5.14. The monoisotopic (exact) mass is 378 g/mol. The van der Waals surface area contributed by atoms with Crippen LogP contribution < -0.4 is 5.73 Å². The van der Waals surface area contributed by atoms with Crippen LogP contribution in [0.1, 0.15) is 39.2 Å². The molecule has 0 bridgehead atoms. The number of likely N-dealkylation sites (tertiary alicyclic amines) is 1. The topological polar surface area (TPSA) is 119 Å². The van der Waals surface area contributed by atoms with E-state index >= 15 is 0 Å². The Bertz CT molecular complexity index is 700. The number of esters is 1. The van der Waals surface area contributed by atoms with E-state index < -0.39 is 35.2 Å². The molecule has 2 atom stereocenters. The molecule has 148 valence electrons. The van der Waals surface area contributed by atoms with Crippen LogP contribution in [0.3, 0.4) is 0 Å². The van der Waals surface area contributed by atoms with Crippen LogP contribution in [-0.2, 0) is 25.7 Å². The van der Waals surface area contributed by atoms with Gasteiger partial charge in [-0.2, -0.15) is 0 Å². The number of piperidine rings is 1. The number of carboxylic acids is 1. The molecule has 3 N–H and O–H groups in total. The highest BCUT2D eigenvalue weighted by atomic mass is 16.6. The Morgan fingerprint density at radius 2 is 1.89 bits per heavy atom. The lowest BCUT2D eigenvalue weighted by Gasteiger charge is -2.43. The van der Waals surface area contributed by atoms with Gasteiger partial charge in [0.05, 0.1) is 0 Å². The summed E-state index contributed by atoms with van der Waals surface area (Å²) < 4.78 is 10.5. The van der Waals surface area contributed by atoms with Gasteiger partial charge in [-0.15, -0.1) is 0 Å². The van der Waals surface area contributed by atoms with E-state index in [2.05, 4.69) is 0 Å². The molecule has 1 aromatic carbocycles. The van der Waals surface area contributed by atoms with Crippen molar-refractivity contribution in [3.05, 3.63) is 35.9 Å². The van der Waals surface area contributed by atoms with Crippen LogP contribution in [0.2, 0.25) is 0 Å². The third-order valence-electron chi connectivity index (χ3n) is 4.40. The molecule has 0 saturated carbocycles. The number of nitrogens with two attached hydrogens (primary N) is 1. The van der Waals surface area contributed by atoms with Gasteiger partial charge in [-0.05, 0) is 39.2 Å². The first-order valence-corrected chi connectivity index (χ1v) is 8.77. The van der Waals surface area contributed by atoms with Crippen LogP contribution in [0.4, 0.5) is 4.79 Å². The van der Waals surface area contributed by atoms with Gasteiger partial charge in [0.2, 0.25) is 0 Å². The predicted octanol–water partition coefficient (Wildman–Crippen LogP) is 2.12. The molecule has 1 aliphatic rings. The van der Waals surface area contributed by atoms with E-state index in [1.807, 2.05) is 18.2 Å². The van der Waals surface area contributed by atoms with Gasteiger partial charge >= 0.3 is 18.0 Å². The number of hydrogen-bond donors (Lipinski definition) is 2. The fourth-order valence-electron chi connectivity index (χ4n) is 3.00. The Morgan fingerprint density at radius 3 is 2.44 bits per heavy atom. The number of hydrogen-bond acceptors (Lipinski definition) is 6. The zero-order valence-electron chi connectivity index (χ0n) is 15.8. The van der Waals surface area contributed by atoms with E-state index in [-0.39, 0.29) is 19.6 Å². The standard InChI is InChI=1S/C19H26N2O6/c1-18(2,3)27-16(24)19(15(22)23)10-7-11-21(14(19)20)17(25)26-12-13-8-5-4-6-9-13/h4-6,8-9,14H,7,10-12,20H2,1-3H3,(H,22,23)/t14-,19-/m1/s1. The van der Waals surface area contributed by atoms with E-state index in [0.717, 1.165) is 10.5 Å². The highest BCUT2D eigenvalue weighted by molar-refractivity contribution is 6.00. The van der Waals surface area contributed by atoms with E-state index in [9.17, 15) is 19.5 Å². The summed E-state index contributed by atoms with van der Waals surface area (Å²) >= 11 is 0. The van der Waals surface area contributed by atoms with Crippen LogP contribution in [-0.4, -0.2) is 46.3 Å². The number of ether oxygens (including phenoxy) is 2. The first-order chi connectivity index (χ1) is 12.6. The summed E-state index contributed by atoms with van der Waals surface area (Å²) in [5.41, 5.74) is 3.97. The maximum atomic E-state index is 12.7. The number of amides is 1. The smallest absolute Gasteiger partial charge is 0.411 e. The Kier molecular flexibility index (Phi) is 6.10. The summed E-state index contributed by atoms with van der Waals surface area (Å²) in [5.74, 6) is -2.36. The van der Waals surface area contributed by atoms with Crippen molar-refractivity contribution in [1.82, 2.24) is 4.90 Å². The van der Waals surface area contributed by atoms with Crippen molar-refractivity contribution in [2.24, 2.45) is 11.1 Å². The molecule has 1 heterocycles. The van der Waals surface area contributed by atoms with Crippen molar-refractivity contribution in [2.45, 2.75) is 52.0 Å². The maximum absolute atomic E-state index is 12.7. The van der Waals surface area contributed by atoms with Gasteiger partial charge in [-0.25, -0.2) is 4.79 Å². The Labute approximate surface area is 158 Å². The molecule has 27 heavy (non-hydrogen) atoms. The van der Waals surface area contributed by atoms with Crippen LogP contribution in [0.25, 0.3) is 0 Å². The molecule has 0 unspecified atom stereocenters. The minimum atomic E-state index is -2.03. The number of nitrogens with zero attached hydrogens (tertiary/aromatic N) is 1. The molecule has 1 aromatic rings. The van der Waals surface area contributed by atoms with Crippen molar-refractivity contribution in [2.75, 3.05) is 6.54 Å². The number of benzene rings is 1. The highest BCUT2D eigenvalue weighted by Gasteiger charge is 2.58. The van der Waals surface area contributed by atoms with Crippen molar-refractivity contribution in [3.63, 3.8) is 0 Å². The summed E-state index contributed by atoms with van der Waals surface area (Å²) in [4.78, 5) is 38.2. The summed E-state index contributed by atoms with van der Waals surface area (Å²) in [6.07, 6.45) is -1.87. The van der Waals surface area contributed by atoms with Crippen LogP contribution in [0.15, 0.2) is 30.3 Å². The third kappa shape index (κ3) is 4.57. The predicted molar refractivity (Wildman–Crippen MR) is 96.5 cm³/mol. The van der Waals surface area contributed by atoms with Crippen LogP contribution >= 0.6 is 0 Å². The second kappa shape index (κ2) is 7.96. The number of rotatable bonds is 4. The molecular weight excluding hydrogens is 352 g/mol. The Morgan fingerprint density at radius 1 is 1.26 bits per heavy atom. The van der Waals surface area contributed by atoms with Gasteiger partial charge in [0, 0.05) is 6.54 Å². The van der Waals surface area contributed by atoms with Gasteiger partial charge in [0.15, 0.2) is 5.41 Å². The minimum absolute atomic E-state index is 0.0130. The number of carbonyl (C=O) groups excluding carboxylic acids is 2. The highest BCUT2D eigenvalue weighted by Crippen LogP contribution is 2.37. The molecule has 0 aromatic heterocycles. The molecular formula is C19H26N2O6. The largest absolute Gasteiger partial charge is 0.480 e. The molecule has 1 aliphatic heterocycles. The molecule has 8 nitrogen and oxygen atoms in total. The summed E-state index contributed by atoms with van der Waals surface area (Å²) in [7, 11) is 0. The fourth-order valence-corrected chi connectivity index (χ4v) is 3.00. The lowest BCUT2D eigenvalue weighted by atomic mass is 9.76. The Balaban J connectivity index is 2.18. The fraction of sp³-hybridized carbons (Fsp3) is 0.526. The second-order valence-corrected chi connectivity index (χ2v) is 7.56. The number of carboxylic acid groups (broad SMARTS) is 1. The van der Waals surface area contributed by atoms with Crippen molar-refractivity contribution < 1.29 is 29.0 Å². The molecule has 2 rings (SSSR count). The quantitative estimate of drug-likeness (QED) is 0.608. The molecule has 1 amide bonds. The molecule has 0 aliphatic carbocycles. The number of aliphatic carboxylic acids is 1. The van der Waals surface area contributed by atoms with Crippen LogP contribution in [0.5, 0.6) is 0 Å². The van der Waals surface area contributed by atoms with Crippen LogP contribution in [0, 0.1) is 5.41 Å². The average molecular weight is 378 g/mol. The van der Waals surface area contributed by atoms with E-state index in [1.165, 1.54) is 0 Å². The van der Waals surface area contributed by atoms with Gasteiger partial charge in [-0.1, -0.05) is 30.3 Å².